The molecule has 0 saturated heterocycles. The van der Waals surface area contributed by atoms with Crippen LogP contribution in [-0.4, -0.2) is 21.4 Å². The van der Waals surface area contributed by atoms with Crippen LogP contribution in [0.25, 0.3) is 0 Å². The highest BCUT2D eigenvalue weighted by molar-refractivity contribution is 5.82. The van der Waals surface area contributed by atoms with Gasteiger partial charge in [-0.25, -0.2) is 4.79 Å². The molecule has 5 nitrogen and oxygen atoms in total. The van der Waals surface area contributed by atoms with E-state index in [9.17, 15) is 4.79 Å². The lowest BCUT2D eigenvalue weighted by Gasteiger charge is -1.96. The van der Waals surface area contributed by atoms with Gasteiger partial charge in [0.05, 0.1) is 11.8 Å². The second-order valence-electron chi connectivity index (χ2n) is 4.40. The largest absolute Gasteiger partial charge is 0.465 e. The Morgan fingerprint density at radius 1 is 0.957 bits per heavy atom. The van der Waals surface area contributed by atoms with Gasteiger partial charge < -0.3 is 5.11 Å². The molecule has 2 aromatic carbocycles. The summed E-state index contributed by atoms with van der Waals surface area (Å²) in [5, 5.41) is 17.0. The number of anilines is 1. The summed E-state index contributed by atoms with van der Waals surface area (Å²) in [6.07, 6.45) is 2.44. The second-order valence-corrected chi connectivity index (χ2v) is 4.40. The number of aromatic amines is 1. The average molecular weight is 305 g/mol. The molecule has 3 rings (SSSR count). The molecule has 5 heteroatoms. The van der Waals surface area contributed by atoms with E-state index >= 15 is 0 Å². The van der Waals surface area contributed by atoms with Crippen molar-refractivity contribution in [3.05, 3.63) is 84.2 Å². The predicted octanol–water partition coefficient (Wildman–Crippen LogP) is 3.59. The zero-order chi connectivity index (χ0) is 16.3. The first-order chi connectivity index (χ1) is 11.2. The summed E-state index contributed by atoms with van der Waals surface area (Å²) < 4.78 is 0. The third-order valence-electron chi connectivity index (χ3n) is 2.65. The van der Waals surface area contributed by atoms with Crippen LogP contribution in [0.5, 0.6) is 0 Å². The molecule has 0 fully saturated rings. The van der Waals surface area contributed by atoms with Crippen molar-refractivity contribution in [2.75, 3.05) is 5.32 Å². The molecule has 1 heterocycles. The van der Waals surface area contributed by atoms with E-state index in [1.165, 1.54) is 0 Å². The molecule has 23 heavy (non-hydrogen) atoms. The smallest absolute Gasteiger partial charge is 0.409 e. The van der Waals surface area contributed by atoms with Gasteiger partial charge >= 0.3 is 6.09 Å². The van der Waals surface area contributed by atoms with E-state index in [0.29, 0.717) is 5.69 Å². The van der Waals surface area contributed by atoms with E-state index in [0.717, 1.165) is 11.1 Å². The molecule has 3 N–H and O–H groups in total. The maximum Gasteiger partial charge on any atom is 0.409 e. The highest BCUT2D eigenvalue weighted by Crippen LogP contribution is 2.03. The summed E-state index contributed by atoms with van der Waals surface area (Å²) in [7, 11) is 0. The molecule has 1 amide bonds. The number of nitrogens with zero attached hydrogens (tertiary/aromatic N) is 1. The van der Waals surface area contributed by atoms with Gasteiger partial charge in [-0.2, -0.15) is 5.10 Å². The first-order valence-electron chi connectivity index (χ1n) is 6.85. The minimum Gasteiger partial charge on any atom is -0.465 e. The van der Waals surface area contributed by atoms with E-state index in [4.69, 9.17) is 5.11 Å². The van der Waals surface area contributed by atoms with Gasteiger partial charge in [-0.15, -0.1) is 0 Å². The first kappa shape index (κ1) is 15.9. The number of carbonyl (C=O) groups is 1. The average Bonchev–Trinajstić information content (AvgIpc) is 3.08. The number of carboxylic acid groups (broad SMARTS) is 1. The lowest BCUT2D eigenvalue weighted by Crippen LogP contribution is -2.06. The first-order valence-corrected chi connectivity index (χ1v) is 6.85. The Hall–Kier alpha value is -3.52. The van der Waals surface area contributed by atoms with Crippen molar-refractivity contribution in [2.24, 2.45) is 0 Å². The summed E-state index contributed by atoms with van der Waals surface area (Å²) in [5.41, 5.74) is 2.52. The van der Waals surface area contributed by atoms with Gasteiger partial charge in [-0.1, -0.05) is 48.2 Å². The zero-order valence-corrected chi connectivity index (χ0v) is 12.2. The number of amides is 1. The lowest BCUT2D eigenvalue weighted by atomic mass is 10.2. The van der Waals surface area contributed by atoms with Crippen LogP contribution in [0.4, 0.5) is 10.5 Å². The van der Waals surface area contributed by atoms with E-state index in [2.05, 4.69) is 27.4 Å². The summed E-state index contributed by atoms with van der Waals surface area (Å²) >= 11 is 0. The quantitative estimate of drug-likeness (QED) is 0.601. The number of hydrogen-bond donors (Lipinski definition) is 3. The Morgan fingerprint density at radius 3 is 2.13 bits per heavy atom. The molecule has 0 aliphatic heterocycles. The Balaban J connectivity index is 0.000000174. The van der Waals surface area contributed by atoms with E-state index in [1.54, 1.807) is 36.7 Å². The molecule has 0 saturated carbocycles. The Labute approximate surface area is 134 Å². The Kier molecular flexibility index (Phi) is 6.00. The van der Waals surface area contributed by atoms with Crippen LogP contribution in [0.1, 0.15) is 11.1 Å². The van der Waals surface area contributed by atoms with Gasteiger partial charge in [0.1, 0.15) is 0 Å². The third kappa shape index (κ3) is 6.19. The monoisotopic (exact) mass is 305 g/mol. The Morgan fingerprint density at radius 2 is 1.57 bits per heavy atom. The van der Waals surface area contributed by atoms with Crippen LogP contribution in [-0.2, 0) is 0 Å². The second kappa shape index (κ2) is 8.70. The fourth-order valence-corrected chi connectivity index (χ4v) is 1.63. The summed E-state index contributed by atoms with van der Waals surface area (Å²) in [4.78, 5) is 10.1. The molecular weight excluding hydrogens is 290 g/mol. The maximum absolute atomic E-state index is 10.1. The molecule has 3 aromatic rings. The van der Waals surface area contributed by atoms with Crippen LogP contribution in [0, 0.1) is 11.8 Å². The van der Waals surface area contributed by atoms with Gasteiger partial charge in [0.25, 0.3) is 0 Å². The summed E-state index contributed by atoms with van der Waals surface area (Å²) in [6, 6.07) is 18.6. The number of benzene rings is 2. The minimum atomic E-state index is -1.04. The number of rotatable bonds is 1. The van der Waals surface area contributed by atoms with Crippen molar-refractivity contribution in [2.45, 2.75) is 0 Å². The van der Waals surface area contributed by atoms with Crippen molar-refractivity contribution < 1.29 is 9.90 Å². The number of H-pyrrole nitrogens is 1. The highest BCUT2D eigenvalue weighted by atomic mass is 16.4. The molecule has 0 spiro atoms. The molecule has 0 aliphatic carbocycles. The number of nitrogens with one attached hydrogen (secondary N) is 2. The standard InChI is InChI=1S/C11H8N2.C7H7NO2/c1-2-4-10(5-3-1)6-7-11-8-12-13-9-11;9-7(10)8-6-4-2-1-3-5-6/h1-5,8-9H,(H,12,13);1-5,8H,(H,9,10). The Bertz CT molecular complexity index is 773. The van der Waals surface area contributed by atoms with Gasteiger partial charge in [-0.05, 0) is 24.3 Å². The molecule has 0 radical (unpaired) electrons. The minimum absolute atomic E-state index is 0.593. The van der Waals surface area contributed by atoms with Gasteiger partial charge in [0.2, 0.25) is 0 Å². The fourth-order valence-electron chi connectivity index (χ4n) is 1.63. The SMILES string of the molecule is C(#Cc1cn[nH]c1)c1ccccc1.O=C(O)Nc1ccccc1. The van der Waals surface area contributed by atoms with Crippen LogP contribution in [0.15, 0.2) is 73.1 Å². The van der Waals surface area contributed by atoms with Gasteiger partial charge in [0.15, 0.2) is 0 Å². The number of aromatic nitrogens is 2. The molecule has 114 valence electrons. The molecule has 0 aliphatic rings. The van der Waals surface area contributed by atoms with Crippen LogP contribution in [0.2, 0.25) is 0 Å². The molecule has 0 atom stereocenters. The lowest BCUT2D eigenvalue weighted by molar-refractivity contribution is 0.210. The predicted molar refractivity (Wildman–Crippen MR) is 89.1 cm³/mol. The van der Waals surface area contributed by atoms with Gasteiger partial charge in [0, 0.05) is 17.4 Å². The van der Waals surface area contributed by atoms with Crippen molar-refractivity contribution in [3.8, 4) is 11.8 Å². The molecule has 1 aromatic heterocycles. The normalized spacial score (nSPS) is 8.87. The maximum atomic E-state index is 10.1. The van der Waals surface area contributed by atoms with Crippen molar-refractivity contribution >= 4 is 11.8 Å². The summed E-state index contributed by atoms with van der Waals surface area (Å²) in [5.74, 6) is 6.03. The number of para-hydroxylation sites is 1. The topological polar surface area (TPSA) is 78.0 Å². The molecule has 0 unspecified atom stereocenters. The fraction of sp³-hybridized carbons (Fsp3) is 0. The third-order valence-corrected chi connectivity index (χ3v) is 2.65. The van der Waals surface area contributed by atoms with E-state index in [1.807, 2.05) is 36.4 Å². The highest BCUT2D eigenvalue weighted by Gasteiger charge is 1.93. The van der Waals surface area contributed by atoms with E-state index < -0.39 is 6.09 Å². The molecular formula is C18H15N3O2. The van der Waals surface area contributed by atoms with Crippen LogP contribution in [0.3, 0.4) is 0 Å². The number of hydrogen-bond acceptors (Lipinski definition) is 2. The zero-order valence-electron chi connectivity index (χ0n) is 12.2. The van der Waals surface area contributed by atoms with Crippen LogP contribution < -0.4 is 5.32 Å². The molecule has 0 bridgehead atoms. The summed E-state index contributed by atoms with van der Waals surface area (Å²) in [6.45, 7) is 0. The van der Waals surface area contributed by atoms with Crippen molar-refractivity contribution in [1.82, 2.24) is 10.2 Å². The van der Waals surface area contributed by atoms with Crippen LogP contribution >= 0.6 is 0 Å². The van der Waals surface area contributed by atoms with Crippen molar-refractivity contribution in [3.63, 3.8) is 0 Å². The van der Waals surface area contributed by atoms with E-state index in [-0.39, 0.29) is 0 Å². The van der Waals surface area contributed by atoms with Gasteiger partial charge in [-0.3, -0.25) is 10.4 Å². The van der Waals surface area contributed by atoms with Crippen molar-refractivity contribution in [1.29, 1.82) is 0 Å².